The number of carboxylic acids is 2. The van der Waals surface area contributed by atoms with E-state index in [1.807, 2.05) is 4.90 Å². The maximum absolute atomic E-state index is 11.2. The highest BCUT2D eigenvalue weighted by atomic mass is 32.2. The van der Waals surface area contributed by atoms with Crippen LogP contribution in [0.3, 0.4) is 0 Å². The third-order valence-corrected chi connectivity index (χ3v) is 5.83. The molecule has 90 valence electrons. The number of nitrogens with zero attached hydrogens (tertiary/aromatic N) is 1. The first-order valence-electron chi connectivity index (χ1n) is 5.05. The van der Waals surface area contributed by atoms with Crippen LogP contribution in [0.2, 0.25) is 0 Å². The third kappa shape index (κ3) is 2.31. The highest BCUT2D eigenvalue weighted by Crippen LogP contribution is 2.45. The lowest BCUT2D eigenvalue weighted by Crippen LogP contribution is -2.44. The average Bonchev–Trinajstić information content (AvgIpc) is 2.77. The Hall–Kier alpha value is -0.400. The number of fused-ring (bicyclic) bond motifs is 2. The van der Waals surface area contributed by atoms with Crippen LogP contribution in [-0.2, 0) is 9.59 Å². The second-order valence-corrected chi connectivity index (χ2v) is 6.23. The molecule has 5 nitrogen and oxygen atoms in total. The van der Waals surface area contributed by atoms with Gasteiger partial charge in [-0.1, -0.05) is 0 Å². The average molecular weight is 263 g/mol. The summed E-state index contributed by atoms with van der Waals surface area (Å²) in [4.78, 5) is 23.6. The Bertz CT molecular complexity index is 292. The first-order valence-corrected chi connectivity index (χ1v) is 7.14. The Morgan fingerprint density at radius 3 is 2.19 bits per heavy atom. The van der Waals surface area contributed by atoms with Crippen molar-refractivity contribution in [2.75, 3.05) is 11.5 Å². The molecule has 0 aromatic carbocycles. The van der Waals surface area contributed by atoms with Crippen LogP contribution in [0.25, 0.3) is 0 Å². The largest absolute Gasteiger partial charge is 0.481 e. The quantitative estimate of drug-likeness (QED) is 0.758. The number of carbonyl (C=O) groups is 2. The normalized spacial score (nSPS) is 30.5. The number of aliphatic carboxylic acids is 2. The van der Waals surface area contributed by atoms with Crippen LogP contribution in [-0.4, -0.2) is 55.3 Å². The van der Waals surface area contributed by atoms with Gasteiger partial charge in [-0.25, -0.2) is 0 Å². The molecule has 7 heteroatoms. The van der Waals surface area contributed by atoms with Crippen molar-refractivity contribution in [1.29, 1.82) is 0 Å². The first kappa shape index (κ1) is 12.1. The monoisotopic (exact) mass is 263 g/mol. The SMILES string of the molecule is O=C(O)CCC(C(=O)O)N1C2CSC1CS2. The van der Waals surface area contributed by atoms with E-state index in [2.05, 4.69) is 0 Å². The minimum absolute atomic E-state index is 0.0811. The molecule has 2 N–H and O–H groups in total. The summed E-state index contributed by atoms with van der Waals surface area (Å²) in [6.45, 7) is 0. The summed E-state index contributed by atoms with van der Waals surface area (Å²) in [5.41, 5.74) is 0. The molecule has 2 saturated heterocycles. The molecule has 2 rings (SSSR count). The summed E-state index contributed by atoms with van der Waals surface area (Å²) in [5.74, 6) is 0.0672. The summed E-state index contributed by atoms with van der Waals surface area (Å²) in [6, 6.07) is -0.643. The van der Waals surface area contributed by atoms with E-state index in [0.29, 0.717) is 0 Å². The minimum Gasteiger partial charge on any atom is -0.481 e. The molecule has 2 aliphatic rings. The molecule has 2 bridgehead atoms. The fraction of sp³-hybridized carbons (Fsp3) is 0.778. The molecule has 2 aliphatic heterocycles. The van der Waals surface area contributed by atoms with Gasteiger partial charge in [0.2, 0.25) is 0 Å². The zero-order chi connectivity index (χ0) is 11.7. The van der Waals surface area contributed by atoms with Gasteiger partial charge in [-0.2, -0.15) is 0 Å². The van der Waals surface area contributed by atoms with E-state index in [4.69, 9.17) is 10.2 Å². The standard InChI is InChI=1S/C9H13NO4S2/c11-8(12)2-1-5(9(13)14)10-6-3-15-7(10)4-16-6/h5-7H,1-4H2,(H,11,12)(H,13,14). The van der Waals surface area contributed by atoms with E-state index >= 15 is 0 Å². The molecule has 16 heavy (non-hydrogen) atoms. The minimum atomic E-state index is -0.932. The molecule has 3 unspecified atom stereocenters. The molecule has 0 radical (unpaired) electrons. The van der Waals surface area contributed by atoms with E-state index in [1.165, 1.54) is 0 Å². The number of thioether (sulfide) groups is 2. The van der Waals surface area contributed by atoms with Gasteiger partial charge in [-0.15, -0.1) is 23.5 Å². The van der Waals surface area contributed by atoms with Crippen molar-refractivity contribution in [3.05, 3.63) is 0 Å². The van der Waals surface area contributed by atoms with Crippen molar-refractivity contribution >= 4 is 35.5 Å². The maximum Gasteiger partial charge on any atom is 0.321 e. The predicted octanol–water partition coefficient (Wildman–Crippen LogP) is 0.752. The van der Waals surface area contributed by atoms with E-state index in [1.54, 1.807) is 23.5 Å². The van der Waals surface area contributed by atoms with E-state index < -0.39 is 18.0 Å². The number of hydrogen-bond donors (Lipinski definition) is 2. The second-order valence-electron chi connectivity index (χ2n) is 3.81. The molecule has 0 aromatic rings. The lowest BCUT2D eigenvalue weighted by atomic mass is 10.1. The third-order valence-electron chi connectivity index (χ3n) is 2.80. The summed E-state index contributed by atoms with van der Waals surface area (Å²) >= 11 is 3.55. The fourth-order valence-electron chi connectivity index (χ4n) is 2.07. The smallest absolute Gasteiger partial charge is 0.321 e. The van der Waals surface area contributed by atoms with Gasteiger partial charge >= 0.3 is 11.9 Å². The van der Waals surface area contributed by atoms with Crippen molar-refractivity contribution in [1.82, 2.24) is 4.90 Å². The number of carboxylic acid groups (broad SMARTS) is 2. The van der Waals surface area contributed by atoms with Crippen molar-refractivity contribution in [3.63, 3.8) is 0 Å². The van der Waals surface area contributed by atoms with E-state index in [0.717, 1.165) is 11.5 Å². The predicted molar refractivity (Wildman–Crippen MR) is 62.6 cm³/mol. The van der Waals surface area contributed by atoms with Gasteiger partial charge in [0.1, 0.15) is 6.04 Å². The lowest BCUT2D eigenvalue weighted by molar-refractivity contribution is -0.144. The zero-order valence-corrected chi connectivity index (χ0v) is 10.2. The Kier molecular flexibility index (Phi) is 3.66. The molecule has 0 saturated carbocycles. The van der Waals surface area contributed by atoms with Gasteiger partial charge in [-0.05, 0) is 6.42 Å². The van der Waals surface area contributed by atoms with Crippen LogP contribution in [0.15, 0.2) is 0 Å². The van der Waals surface area contributed by atoms with Crippen LogP contribution < -0.4 is 0 Å². The topological polar surface area (TPSA) is 77.8 Å². The van der Waals surface area contributed by atoms with Crippen molar-refractivity contribution < 1.29 is 19.8 Å². The van der Waals surface area contributed by atoms with E-state index in [-0.39, 0.29) is 23.6 Å². The highest BCUT2D eigenvalue weighted by Gasteiger charge is 2.46. The summed E-state index contributed by atoms with van der Waals surface area (Å²) in [7, 11) is 0. The Balaban J connectivity index is 2.02. The van der Waals surface area contributed by atoms with Crippen molar-refractivity contribution in [2.24, 2.45) is 0 Å². The molecular formula is C9H13NO4S2. The molecule has 0 aromatic heterocycles. The van der Waals surface area contributed by atoms with Gasteiger partial charge in [0.05, 0.1) is 10.7 Å². The summed E-state index contributed by atoms with van der Waals surface area (Å²) in [5, 5.41) is 18.3. The van der Waals surface area contributed by atoms with Crippen LogP contribution in [0.4, 0.5) is 0 Å². The molecule has 3 atom stereocenters. The molecule has 0 spiro atoms. The van der Waals surface area contributed by atoms with Gasteiger partial charge in [0.15, 0.2) is 0 Å². The zero-order valence-electron chi connectivity index (χ0n) is 8.54. The molecule has 2 fully saturated rings. The highest BCUT2D eigenvalue weighted by molar-refractivity contribution is 8.07. The fourth-order valence-corrected chi connectivity index (χ4v) is 5.44. The van der Waals surface area contributed by atoms with E-state index in [9.17, 15) is 9.59 Å². The second kappa shape index (κ2) is 4.85. The van der Waals surface area contributed by atoms with Crippen LogP contribution in [0.5, 0.6) is 0 Å². The van der Waals surface area contributed by atoms with Crippen molar-refractivity contribution in [3.8, 4) is 0 Å². The van der Waals surface area contributed by atoms with Crippen LogP contribution in [0, 0.1) is 0 Å². The Morgan fingerprint density at radius 2 is 1.81 bits per heavy atom. The Morgan fingerprint density at radius 1 is 1.25 bits per heavy atom. The first-order chi connectivity index (χ1) is 7.59. The van der Waals surface area contributed by atoms with Crippen molar-refractivity contribution in [2.45, 2.75) is 29.6 Å². The molecule has 0 amide bonds. The van der Waals surface area contributed by atoms with Gasteiger partial charge in [-0.3, -0.25) is 14.5 Å². The summed E-state index contributed by atoms with van der Waals surface area (Å²) < 4.78 is 0. The van der Waals surface area contributed by atoms with Crippen LogP contribution >= 0.6 is 23.5 Å². The van der Waals surface area contributed by atoms with Gasteiger partial charge in [0.25, 0.3) is 0 Å². The summed E-state index contributed by atoms with van der Waals surface area (Å²) in [6.07, 6.45) is 0.112. The van der Waals surface area contributed by atoms with Gasteiger partial charge in [0, 0.05) is 17.9 Å². The Labute approximate surface area is 102 Å². The molecular weight excluding hydrogens is 250 g/mol. The number of rotatable bonds is 5. The van der Waals surface area contributed by atoms with Crippen LogP contribution in [0.1, 0.15) is 12.8 Å². The molecule has 2 heterocycles. The number of hydrogen-bond acceptors (Lipinski definition) is 5. The maximum atomic E-state index is 11.2. The lowest BCUT2D eigenvalue weighted by Gasteiger charge is -2.26. The van der Waals surface area contributed by atoms with Gasteiger partial charge < -0.3 is 10.2 Å². The molecule has 0 aliphatic carbocycles.